The van der Waals surface area contributed by atoms with Crippen LogP contribution < -0.4 is 9.88 Å². The van der Waals surface area contributed by atoms with Crippen LogP contribution in [0.15, 0.2) is 51.8 Å². The molecule has 1 aromatic heterocycles. The second-order valence-corrected chi connectivity index (χ2v) is 6.97. The molecule has 0 aliphatic carbocycles. The van der Waals surface area contributed by atoms with Crippen LogP contribution in [0, 0.1) is 0 Å². The first-order valence-electron chi connectivity index (χ1n) is 6.74. The summed E-state index contributed by atoms with van der Waals surface area (Å²) >= 11 is 5.82. The van der Waals surface area contributed by atoms with Gasteiger partial charge in [-0.1, -0.05) is 11.6 Å². The van der Waals surface area contributed by atoms with E-state index in [-0.39, 0.29) is 21.2 Å². The van der Waals surface area contributed by atoms with Crippen LogP contribution in [0.1, 0.15) is 16.1 Å². The topological polar surface area (TPSA) is 99.6 Å². The van der Waals surface area contributed by atoms with Gasteiger partial charge in [0, 0.05) is 17.0 Å². The minimum atomic E-state index is -4.04. The number of ether oxygens (including phenoxy) is 1. The number of furan rings is 1. The smallest absolute Gasteiger partial charge is 0.239 e. The third-order valence-corrected chi connectivity index (χ3v) is 4.84. The molecule has 3 aromatic rings. The van der Waals surface area contributed by atoms with Gasteiger partial charge in [-0.3, -0.25) is 4.79 Å². The quantitative estimate of drug-likeness (QED) is 0.716. The Labute approximate surface area is 142 Å². The Morgan fingerprint density at radius 1 is 1.17 bits per heavy atom. The van der Waals surface area contributed by atoms with Crippen LogP contribution in [0.25, 0.3) is 11.0 Å². The Morgan fingerprint density at radius 3 is 2.58 bits per heavy atom. The van der Waals surface area contributed by atoms with Gasteiger partial charge in [0.2, 0.25) is 15.8 Å². The summed E-state index contributed by atoms with van der Waals surface area (Å²) in [4.78, 5) is 12.2. The molecule has 0 aliphatic heterocycles. The number of methoxy groups -OCH3 is 1. The summed E-state index contributed by atoms with van der Waals surface area (Å²) in [5.74, 6) is 0.187. The number of ketones is 1. The van der Waals surface area contributed by atoms with Crippen LogP contribution in [0.3, 0.4) is 0 Å². The molecular formula is C16H12ClNO5S. The van der Waals surface area contributed by atoms with E-state index in [9.17, 15) is 13.2 Å². The van der Waals surface area contributed by atoms with Gasteiger partial charge >= 0.3 is 0 Å². The first kappa shape index (κ1) is 16.5. The zero-order valence-corrected chi connectivity index (χ0v) is 14.0. The Morgan fingerprint density at radius 2 is 1.92 bits per heavy atom. The second-order valence-electron chi connectivity index (χ2n) is 5.03. The molecule has 124 valence electrons. The van der Waals surface area contributed by atoms with E-state index in [0.717, 1.165) is 11.5 Å². The standard InChI is InChI=1S/C16H12ClNO5S/c1-22-11-4-2-9-6-14(23-13(9)8-11)16(19)10-3-5-12(17)15(7-10)24(18,20)21/h2-8H,1H3,(H2,18,20,21). The minimum absolute atomic E-state index is 0.0524. The van der Waals surface area contributed by atoms with Crippen molar-refractivity contribution >= 4 is 38.4 Å². The number of hydrogen-bond acceptors (Lipinski definition) is 5. The first-order valence-corrected chi connectivity index (χ1v) is 8.66. The van der Waals surface area contributed by atoms with Crippen LogP contribution in [0.2, 0.25) is 5.02 Å². The largest absolute Gasteiger partial charge is 0.497 e. The molecule has 1 heterocycles. The molecule has 0 saturated heterocycles. The summed E-state index contributed by atoms with van der Waals surface area (Å²) in [6.45, 7) is 0. The molecule has 0 saturated carbocycles. The van der Waals surface area contributed by atoms with E-state index in [4.69, 9.17) is 25.9 Å². The van der Waals surface area contributed by atoms with Gasteiger partial charge in [0.15, 0.2) is 5.76 Å². The van der Waals surface area contributed by atoms with E-state index in [2.05, 4.69) is 0 Å². The Hall–Kier alpha value is -2.35. The maximum atomic E-state index is 12.6. The molecule has 0 atom stereocenters. The lowest BCUT2D eigenvalue weighted by Crippen LogP contribution is -2.14. The van der Waals surface area contributed by atoms with E-state index in [1.54, 1.807) is 24.3 Å². The lowest BCUT2D eigenvalue weighted by molar-refractivity contribution is 0.101. The number of hydrogen-bond donors (Lipinski definition) is 1. The summed E-state index contributed by atoms with van der Waals surface area (Å²) in [7, 11) is -2.51. The Bertz CT molecular complexity index is 1060. The SMILES string of the molecule is COc1ccc2cc(C(=O)c3ccc(Cl)c(S(N)(=O)=O)c3)oc2c1. The third-order valence-electron chi connectivity index (χ3n) is 3.45. The van der Waals surface area contributed by atoms with Crippen LogP contribution in [0.5, 0.6) is 5.75 Å². The molecule has 0 bridgehead atoms. The number of rotatable bonds is 4. The molecule has 0 unspecified atom stereocenters. The fraction of sp³-hybridized carbons (Fsp3) is 0.0625. The van der Waals surface area contributed by atoms with Crippen LogP contribution >= 0.6 is 11.6 Å². The Balaban J connectivity index is 2.06. The van der Waals surface area contributed by atoms with Gasteiger partial charge in [0.1, 0.15) is 16.2 Å². The van der Waals surface area contributed by atoms with Crippen molar-refractivity contribution in [2.45, 2.75) is 4.90 Å². The molecule has 0 radical (unpaired) electrons. The fourth-order valence-corrected chi connectivity index (χ4v) is 3.33. The van der Waals surface area contributed by atoms with Crippen molar-refractivity contribution in [3.8, 4) is 5.75 Å². The number of carbonyl (C=O) groups is 1. The summed E-state index contributed by atoms with van der Waals surface area (Å²) < 4.78 is 33.7. The summed E-state index contributed by atoms with van der Waals surface area (Å²) in [6.07, 6.45) is 0. The lowest BCUT2D eigenvalue weighted by Gasteiger charge is -2.04. The van der Waals surface area contributed by atoms with E-state index in [1.165, 1.54) is 19.2 Å². The highest BCUT2D eigenvalue weighted by molar-refractivity contribution is 7.89. The molecule has 0 amide bonds. The molecule has 6 nitrogen and oxygen atoms in total. The number of nitrogens with two attached hydrogens (primary N) is 1. The number of sulfonamides is 1. The first-order chi connectivity index (χ1) is 11.3. The van der Waals surface area contributed by atoms with Gasteiger partial charge in [-0.25, -0.2) is 13.6 Å². The highest BCUT2D eigenvalue weighted by Crippen LogP contribution is 2.27. The second kappa shape index (κ2) is 5.94. The molecule has 24 heavy (non-hydrogen) atoms. The highest BCUT2D eigenvalue weighted by atomic mass is 35.5. The molecule has 3 rings (SSSR count). The van der Waals surface area contributed by atoms with Crippen molar-refractivity contribution in [1.82, 2.24) is 0 Å². The van der Waals surface area contributed by atoms with E-state index >= 15 is 0 Å². The maximum Gasteiger partial charge on any atom is 0.239 e. The molecule has 0 aliphatic rings. The van der Waals surface area contributed by atoms with Gasteiger partial charge < -0.3 is 9.15 Å². The number of primary sulfonamides is 1. The van der Waals surface area contributed by atoms with Crippen LogP contribution in [-0.4, -0.2) is 21.3 Å². The minimum Gasteiger partial charge on any atom is -0.497 e. The van der Waals surface area contributed by atoms with Crippen molar-refractivity contribution in [3.05, 3.63) is 58.8 Å². The van der Waals surface area contributed by atoms with Crippen molar-refractivity contribution < 1.29 is 22.4 Å². The van der Waals surface area contributed by atoms with Gasteiger partial charge in [-0.2, -0.15) is 0 Å². The maximum absolute atomic E-state index is 12.6. The monoisotopic (exact) mass is 365 g/mol. The van der Waals surface area contributed by atoms with Crippen LogP contribution in [0.4, 0.5) is 0 Å². The number of benzene rings is 2. The van der Waals surface area contributed by atoms with Gasteiger partial charge in [0.05, 0.1) is 12.1 Å². The molecule has 2 aromatic carbocycles. The van der Waals surface area contributed by atoms with E-state index in [1.807, 2.05) is 0 Å². The third kappa shape index (κ3) is 3.01. The van der Waals surface area contributed by atoms with Crippen molar-refractivity contribution in [2.75, 3.05) is 7.11 Å². The number of carbonyl (C=O) groups excluding carboxylic acids is 1. The zero-order chi connectivity index (χ0) is 17.5. The summed E-state index contributed by atoms with van der Waals surface area (Å²) in [5, 5.41) is 5.77. The van der Waals surface area contributed by atoms with Crippen molar-refractivity contribution in [2.24, 2.45) is 5.14 Å². The predicted molar refractivity (Wildman–Crippen MR) is 89.0 cm³/mol. The molecule has 0 spiro atoms. The Kier molecular flexibility index (Phi) is 4.08. The number of fused-ring (bicyclic) bond motifs is 1. The predicted octanol–water partition coefficient (Wildman–Crippen LogP) is 2.97. The van der Waals surface area contributed by atoms with Gasteiger partial charge in [0.25, 0.3) is 0 Å². The zero-order valence-electron chi connectivity index (χ0n) is 12.4. The van der Waals surface area contributed by atoms with E-state index < -0.39 is 15.8 Å². The summed E-state index contributed by atoms with van der Waals surface area (Å²) in [6, 6.07) is 10.6. The highest BCUT2D eigenvalue weighted by Gasteiger charge is 2.20. The molecular weight excluding hydrogens is 354 g/mol. The van der Waals surface area contributed by atoms with Crippen molar-refractivity contribution in [1.29, 1.82) is 0 Å². The van der Waals surface area contributed by atoms with Crippen molar-refractivity contribution in [3.63, 3.8) is 0 Å². The molecule has 0 fully saturated rings. The molecule has 2 N–H and O–H groups in total. The fourth-order valence-electron chi connectivity index (χ4n) is 2.26. The van der Waals surface area contributed by atoms with Crippen LogP contribution in [-0.2, 0) is 10.0 Å². The normalized spacial score (nSPS) is 11.6. The van der Waals surface area contributed by atoms with E-state index in [0.29, 0.717) is 11.3 Å². The number of halogens is 1. The summed E-state index contributed by atoms with van der Waals surface area (Å²) in [5.41, 5.74) is 0.591. The lowest BCUT2D eigenvalue weighted by atomic mass is 10.1. The van der Waals surface area contributed by atoms with Gasteiger partial charge in [-0.05, 0) is 36.4 Å². The average Bonchev–Trinajstić information content (AvgIpc) is 2.96. The average molecular weight is 366 g/mol. The van der Waals surface area contributed by atoms with Gasteiger partial charge in [-0.15, -0.1) is 0 Å². The molecule has 8 heteroatoms.